The van der Waals surface area contributed by atoms with Gasteiger partial charge < -0.3 is 9.73 Å². The molecule has 5 nitrogen and oxygen atoms in total. The standard InChI is InChI=1S/C13H20N4O/c1-9-10(6-16-17(9)5)12-11(14-8-18-12)7-15-13(2,3)4/h6,8,15H,7H2,1-5H3. The molecule has 5 heteroatoms. The molecule has 0 spiro atoms. The highest BCUT2D eigenvalue weighted by molar-refractivity contribution is 5.61. The number of aromatic nitrogens is 3. The Balaban J connectivity index is 2.25. The van der Waals surface area contributed by atoms with Gasteiger partial charge in [-0.1, -0.05) is 0 Å². The van der Waals surface area contributed by atoms with Gasteiger partial charge in [-0.05, 0) is 27.7 Å². The summed E-state index contributed by atoms with van der Waals surface area (Å²) in [5, 5.41) is 7.64. The molecule has 2 heterocycles. The van der Waals surface area contributed by atoms with Gasteiger partial charge in [-0.25, -0.2) is 4.98 Å². The largest absolute Gasteiger partial charge is 0.443 e. The highest BCUT2D eigenvalue weighted by Gasteiger charge is 2.17. The molecular formula is C13H20N4O. The van der Waals surface area contributed by atoms with E-state index in [2.05, 4.69) is 36.2 Å². The van der Waals surface area contributed by atoms with Crippen LogP contribution in [0.5, 0.6) is 0 Å². The maximum absolute atomic E-state index is 5.51. The Labute approximate surface area is 107 Å². The Morgan fingerprint density at radius 3 is 2.67 bits per heavy atom. The quantitative estimate of drug-likeness (QED) is 0.905. The second-order valence-corrected chi connectivity index (χ2v) is 5.50. The predicted molar refractivity (Wildman–Crippen MR) is 70.0 cm³/mol. The molecule has 1 N–H and O–H groups in total. The van der Waals surface area contributed by atoms with Crippen molar-refractivity contribution in [3.05, 3.63) is 24.0 Å². The van der Waals surface area contributed by atoms with E-state index in [0.29, 0.717) is 6.54 Å². The van der Waals surface area contributed by atoms with E-state index in [1.54, 1.807) is 0 Å². The summed E-state index contributed by atoms with van der Waals surface area (Å²) in [4.78, 5) is 4.28. The van der Waals surface area contributed by atoms with E-state index in [0.717, 1.165) is 22.7 Å². The molecule has 0 fully saturated rings. The number of nitrogens with zero attached hydrogens (tertiary/aromatic N) is 3. The Morgan fingerprint density at radius 1 is 1.39 bits per heavy atom. The van der Waals surface area contributed by atoms with Gasteiger partial charge in [0.15, 0.2) is 12.2 Å². The maximum atomic E-state index is 5.51. The molecule has 18 heavy (non-hydrogen) atoms. The van der Waals surface area contributed by atoms with Crippen molar-refractivity contribution < 1.29 is 4.42 Å². The molecule has 0 aliphatic rings. The topological polar surface area (TPSA) is 55.9 Å². The minimum Gasteiger partial charge on any atom is -0.443 e. The highest BCUT2D eigenvalue weighted by Crippen LogP contribution is 2.26. The molecule has 0 amide bonds. The van der Waals surface area contributed by atoms with Gasteiger partial charge in [0.1, 0.15) is 5.69 Å². The predicted octanol–water partition coefficient (Wildman–Crippen LogP) is 2.27. The van der Waals surface area contributed by atoms with Crippen LogP contribution in [0.4, 0.5) is 0 Å². The average molecular weight is 248 g/mol. The van der Waals surface area contributed by atoms with E-state index in [1.807, 2.05) is 24.9 Å². The fraction of sp³-hybridized carbons (Fsp3) is 0.538. The molecule has 2 aromatic heterocycles. The molecule has 0 bridgehead atoms. The second kappa shape index (κ2) is 4.57. The summed E-state index contributed by atoms with van der Waals surface area (Å²) >= 11 is 0. The van der Waals surface area contributed by atoms with Crippen LogP contribution in [0.1, 0.15) is 32.2 Å². The smallest absolute Gasteiger partial charge is 0.181 e. The summed E-state index contributed by atoms with van der Waals surface area (Å²) in [5.41, 5.74) is 3.05. The zero-order valence-electron chi connectivity index (χ0n) is 11.6. The number of hydrogen-bond donors (Lipinski definition) is 1. The summed E-state index contributed by atoms with van der Waals surface area (Å²) in [7, 11) is 1.92. The van der Waals surface area contributed by atoms with Crippen LogP contribution >= 0.6 is 0 Å². The summed E-state index contributed by atoms with van der Waals surface area (Å²) in [5.74, 6) is 0.803. The van der Waals surface area contributed by atoms with Crippen molar-refractivity contribution >= 4 is 0 Å². The third-order valence-electron chi connectivity index (χ3n) is 2.91. The first-order valence-electron chi connectivity index (χ1n) is 6.05. The molecule has 0 atom stereocenters. The summed E-state index contributed by atoms with van der Waals surface area (Å²) in [6.07, 6.45) is 3.30. The van der Waals surface area contributed by atoms with Gasteiger partial charge in [0.2, 0.25) is 0 Å². The van der Waals surface area contributed by atoms with Gasteiger partial charge in [0.25, 0.3) is 0 Å². The van der Waals surface area contributed by atoms with Crippen molar-refractivity contribution in [3.8, 4) is 11.3 Å². The van der Waals surface area contributed by atoms with Crippen LogP contribution in [0.15, 0.2) is 17.0 Å². The van der Waals surface area contributed by atoms with Crippen molar-refractivity contribution in [1.82, 2.24) is 20.1 Å². The van der Waals surface area contributed by atoms with Crippen molar-refractivity contribution in [1.29, 1.82) is 0 Å². The highest BCUT2D eigenvalue weighted by atomic mass is 16.3. The lowest BCUT2D eigenvalue weighted by Gasteiger charge is -2.19. The van der Waals surface area contributed by atoms with Crippen LogP contribution in [0.2, 0.25) is 0 Å². The first kappa shape index (κ1) is 12.8. The van der Waals surface area contributed by atoms with Gasteiger partial charge in [-0.2, -0.15) is 5.10 Å². The van der Waals surface area contributed by atoms with Crippen LogP contribution in [-0.4, -0.2) is 20.3 Å². The molecule has 0 saturated carbocycles. The molecule has 2 aromatic rings. The molecule has 0 saturated heterocycles. The number of nitrogens with one attached hydrogen (secondary N) is 1. The van der Waals surface area contributed by atoms with Crippen LogP contribution in [0.3, 0.4) is 0 Å². The van der Waals surface area contributed by atoms with E-state index in [1.165, 1.54) is 6.39 Å². The molecule has 0 radical (unpaired) electrons. The minimum atomic E-state index is 0.0558. The normalized spacial score (nSPS) is 12.1. The Morgan fingerprint density at radius 2 is 2.11 bits per heavy atom. The van der Waals surface area contributed by atoms with Crippen molar-refractivity contribution in [2.75, 3.05) is 0 Å². The van der Waals surface area contributed by atoms with E-state index >= 15 is 0 Å². The van der Waals surface area contributed by atoms with E-state index in [4.69, 9.17) is 4.42 Å². The molecule has 98 valence electrons. The summed E-state index contributed by atoms with van der Waals surface area (Å²) < 4.78 is 7.34. The maximum Gasteiger partial charge on any atom is 0.181 e. The van der Waals surface area contributed by atoms with Gasteiger partial charge in [-0.15, -0.1) is 0 Å². The van der Waals surface area contributed by atoms with Crippen LogP contribution < -0.4 is 5.32 Å². The van der Waals surface area contributed by atoms with Crippen molar-refractivity contribution in [2.24, 2.45) is 7.05 Å². The molecule has 0 aromatic carbocycles. The summed E-state index contributed by atoms with van der Waals surface area (Å²) in [6.45, 7) is 9.09. The SMILES string of the molecule is Cc1c(-c2ocnc2CNC(C)(C)C)cnn1C. The zero-order valence-corrected chi connectivity index (χ0v) is 11.6. The zero-order chi connectivity index (χ0) is 13.3. The van der Waals surface area contributed by atoms with Gasteiger partial charge in [0.05, 0.1) is 11.8 Å². The van der Waals surface area contributed by atoms with E-state index in [9.17, 15) is 0 Å². The monoisotopic (exact) mass is 248 g/mol. The number of oxazole rings is 1. The first-order chi connectivity index (χ1) is 8.38. The third-order valence-corrected chi connectivity index (χ3v) is 2.91. The van der Waals surface area contributed by atoms with Crippen LogP contribution in [0, 0.1) is 6.92 Å². The Bertz CT molecular complexity index is 533. The van der Waals surface area contributed by atoms with Crippen LogP contribution in [0.25, 0.3) is 11.3 Å². The molecule has 0 aliphatic carbocycles. The van der Waals surface area contributed by atoms with Gasteiger partial charge in [0, 0.05) is 24.8 Å². The number of rotatable bonds is 3. The molecule has 2 rings (SSSR count). The summed E-state index contributed by atoms with van der Waals surface area (Å²) in [6, 6.07) is 0. The molecule has 0 aliphatic heterocycles. The number of hydrogen-bond acceptors (Lipinski definition) is 4. The molecular weight excluding hydrogens is 228 g/mol. The second-order valence-electron chi connectivity index (χ2n) is 5.50. The minimum absolute atomic E-state index is 0.0558. The lowest BCUT2D eigenvalue weighted by molar-refractivity contribution is 0.421. The lowest BCUT2D eigenvalue weighted by Crippen LogP contribution is -2.35. The fourth-order valence-corrected chi connectivity index (χ4v) is 1.68. The van der Waals surface area contributed by atoms with E-state index < -0.39 is 0 Å². The van der Waals surface area contributed by atoms with Crippen molar-refractivity contribution in [2.45, 2.75) is 39.8 Å². The van der Waals surface area contributed by atoms with Gasteiger partial charge >= 0.3 is 0 Å². The van der Waals surface area contributed by atoms with Crippen LogP contribution in [-0.2, 0) is 13.6 Å². The lowest BCUT2D eigenvalue weighted by atomic mass is 10.1. The first-order valence-corrected chi connectivity index (χ1v) is 6.05. The molecule has 0 unspecified atom stereocenters. The Hall–Kier alpha value is -1.62. The van der Waals surface area contributed by atoms with E-state index in [-0.39, 0.29) is 5.54 Å². The third kappa shape index (κ3) is 2.61. The van der Waals surface area contributed by atoms with Gasteiger partial charge in [-0.3, -0.25) is 4.68 Å². The fourth-order valence-electron chi connectivity index (χ4n) is 1.68. The van der Waals surface area contributed by atoms with Crippen molar-refractivity contribution in [3.63, 3.8) is 0 Å². The average Bonchev–Trinajstić information content (AvgIpc) is 2.84. The number of aryl methyl sites for hydroxylation is 1. The Kier molecular flexibility index (Phi) is 3.26.